The maximum atomic E-state index is 11.7. The number of nitrogens with one attached hydrogen (secondary N) is 1. The first-order valence-electron chi connectivity index (χ1n) is 5.82. The van der Waals surface area contributed by atoms with Gasteiger partial charge in [-0.3, -0.25) is 4.79 Å². The van der Waals surface area contributed by atoms with Crippen LogP contribution in [0.5, 0.6) is 0 Å². The highest BCUT2D eigenvalue weighted by molar-refractivity contribution is 7.99. The van der Waals surface area contributed by atoms with E-state index in [0.717, 1.165) is 29.2 Å². The Bertz CT molecular complexity index is 406. The lowest BCUT2D eigenvalue weighted by molar-refractivity contribution is -0.120. The molecule has 1 saturated carbocycles. The van der Waals surface area contributed by atoms with Gasteiger partial charge >= 0.3 is 0 Å². The van der Waals surface area contributed by atoms with Gasteiger partial charge in [0.1, 0.15) is 0 Å². The third-order valence-corrected chi connectivity index (χ3v) is 4.30. The summed E-state index contributed by atoms with van der Waals surface area (Å²) in [6.45, 7) is 1.94. The fourth-order valence-corrected chi connectivity index (χ4v) is 2.63. The van der Waals surface area contributed by atoms with Crippen molar-refractivity contribution in [3.63, 3.8) is 0 Å². The van der Waals surface area contributed by atoms with Gasteiger partial charge in [-0.2, -0.15) is 0 Å². The van der Waals surface area contributed by atoms with E-state index >= 15 is 0 Å². The number of carbonyl (C=O) groups excluding carboxylic acids is 1. The van der Waals surface area contributed by atoms with Crippen LogP contribution in [0.15, 0.2) is 24.3 Å². The molecule has 0 spiro atoms. The monoisotopic (exact) mass is 269 g/mol. The van der Waals surface area contributed by atoms with Crippen LogP contribution in [0.1, 0.15) is 25.3 Å². The summed E-state index contributed by atoms with van der Waals surface area (Å²) in [5.41, 5.74) is 1.09. The summed E-state index contributed by atoms with van der Waals surface area (Å²) in [5, 5.41) is 3.76. The zero-order valence-electron chi connectivity index (χ0n) is 9.78. The van der Waals surface area contributed by atoms with Crippen LogP contribution in [-0.4, -0.2) is 17.2 Å². The maximum absolute atomic E-state index is 11.7. The molecule has 1 N–H and O–H groups in total. The third-order valence-electron chi connectivity index (χ3n) is 2.74. The highest BCUT2D eigenvalue weighted by Crippen LogP contribution is 2.25. The van der Waals surface area contributed by atoms with E-state index in [1.807, 2.05) is 31.2 Å². The molecule has 0 aliphatic heterocycles. The minimum atomic E-state index is -0.0214. The Hall–Kier alpha value is -0.670. The number of halogens is 1. The van der Waals surface area contributed by atoms with Gasteiger partial charge < -0.3 is 5.32 Å². The number of amides is 1. The topological polar surface area (TPSA) is 29.1 Å². The molecule has 0 heterocycles. The van der Waals surface area contributed by atoms with Crippen LogP contribution in [0.4, 0.5) is 0 Å². The molecular weight excluding hydrogens is 254 g/mol. The fourth-order valence-electron chi connectivity index (χ4n) is 1.45. The molecule has 4 heteroatoms. The van der Waals surface area contributed by atoms with Gasteiger partial charge in [-0.25, -0.2) is 0 Å². The van der Waals surface area contributed by atoms with Crippen molar-refractivity contribution in [1.82, 2.24) is 5.32 Å². The zero-order chi connectivity index (χ0) is 12.3. The molecule has 1 aliphatic carbocycles. The Kier molecular flexibility index (Phi) is 4.35. The van der Waals surface area contributed by atoms with E-state index in [2.05, 4.69) is 5.32 Å². The summed E-state index contributed by atoms with van der Waals surface area (Å²) in [5.74, 6) is 0.920. The molecule has 1 unspecified atom stereocenters. The first kappa shape index (κ1) is 12.8. The Balaban J connectivity index is 1.80. The van der Waals surface area contributed by atoms with Gasteiger partial charge in [-0.05, 0) is 31.4 Å². The molecule has 0 saturated heterocycles. The largest absolute Gasteiger partial charge is 0.352 e. The number of rotatable bonds is 5. The van der Waals surface area contributed by atoms with Gasteiger partial charge in [0.2, 0.25) is 5.91 Å². The number of hydrogen-bond donors (Lipinski definition) is 1. The van der Waals surface area contributed by atoms with Crippen molar-refractivity contribution in [3.8, 4) is 0 Å². The highest BCUT2D eigenvalue weighted by atomic mass is 35.5. The molecule has 0 aromatic heterocycles. The number of hydrogen-bond acceptors (Lipinski definition) is 2. The quantitative estimate of drug-likeness (QED) is 0.889. The summed E-state index contributed by atoms with van der Waals surface area (Å²) in [6.07, 6.45) is 2.27. The molecule has 0 radical (unpaired) electrons. The van der Waals surface area contributed by atoms with Gasteiger partial charge in [0.25, 0.3) is 0 Å². The van der Waals surface area contributed by atoms with Crippen LogP contribution in [0, 0.1) is 0 Å². The van der Waals surface area contributed by atoms with Gasteiger partial charge in [-0.15, -0.1) is 11.8 Å². The van der Waals surface area contributed by atoms with E-state index in [4.69, 9.17) is 11.6 Å². The second-order valence-corrected chi connectivity index (χ2v) is 6.06. The lowest BCUT2D eigenvalue weighted by Crippen LogP contribution is -2.32. The Morgan fingerprint density at radius 1 is 1.53 bits per heavy atom. The van der Waals surface area contributed by atoms with Crippen LogP contribution < -0.4 is 5.32 Å². The lowest BCUT2D eigenvalue weighted by atomic mass is 10.2. The molecule has 1 fully saturated rings. The van der Waals surface area contributed by atoms with Crippen molar-refractivity contribution in [2.45, 2.75) is 36.8 Å². The molecular formula is C13H16ClNOS. The second-order valence-electron chi connectivity index (χ2n) is 4.33. The van der Waals surface area contributed by atoms with Crippen LogP contribution in [0.25, 0.3) is 0 Å². The molecule has 1 aromatic rings. The van der Waals surface area contributed by atoms with Gasteiger partial charge in [0.15, 0.2) is 0 Å². The zero-order valence-corrected chi connectivity index (χ0v) is 11.4. The molecule has 17 heavy (non-hydrogen) atoms. The van der Waals surface area contributed by atoms with Crippen molar-refractivity contribution in [2.75, 3.05) is 0 Å². The molecule has 1 aromatic carbocycles. The summed E-state index contributed by atoms with van der Waals surface area (Å²) in [7, 11) is 0. The highest BCUT2D eigenvalue weighted by Gasteiger charge is 2.25. The van der Waals surface area contributed by atoms with Crippen LogP contribution in [0.3, 0.4) is 0 Å². The summed E-state index contributed by atoms with van der Waals surface area (Å²) in [4.78, 5) is 11.7. The number of benzene rings is 1. The summed E-state index contributed by atoms with van der Waals surface area (Å²) < 4.78 is 0. The van der Waals surface area contributed by atoms with Gasteiger partial charge in [0, 0.05) is 16.8 Å². The molecule has 1 aliphatic rings. The standard InChI is InChI=1S/C13H16ClNOS/c1-9(13(16)15-11-6-7-11)17-8-10-4-2-3-5-12(10)14/h2-5,9,11H,6-8H2,1H3,(H,15,16). The van der Waals surface area contributed by atoms with Crippen molar-refractivity contribution in [1.29, 1.82) is 0 Å². The van der Waals surface area contributed by atoms with Crippen LogP contribution in [0.2, 0.25) is 5.02 Å². The first-order valence-corrected chi connectivity index (χ1v) is 7.25. The predicted molar refractivity (Wildman–Crippen MR) is 73.4 cm³/mol. The molecule has 1 amide bonds. The van der Waals surface area contributed by atoms with Crippen LogP contribution in [-0.2, 0) is 10.5 Å². The second kappa shape index (κ2) is 5.78. The molecule has 0 bridgehead atoms. The van der Waals surface area contributed by atoms with Crippen molar-refractivity contribution in [3.05, 3.63) is 34.9 Å². The van der Waals surface area contributed by atoms with E-state index in [-0.39, 0.29) is 11.2 Å². The smallest absolute Gasteiger partial charge is 0.233 e. The van der Waals surface area contributed by atoms with E-state index in [9.17, 15) is 4.79 Å². The van der Waals surface area contributed by atoms with Crippen molar-refractivity contribution in [2.24, 2.45) is 0 Å². The Morgan fingerprint density at radius 3 is 2.88 bits per heavy atom. The SMILES string of the molecule is CC(SCc1ccccc1Cl)C(=O)NC1CC1. The van der Waals surface area contributed by atoms with Gasteiger partial charge in [-0.1, -0.05) is 29.8 Å². The minimum Gasteiger partial charge on any atom is -0.352 e. The third kappa shape index (κ3) is 3.93. The van der Waals surface area contributed by atoms with E-state index in [0.29, 0.717) is 6.04 Å². The Labute approximate surface area is 111 Å². The van der Waals surface area contributed by atoms with Crippen molar-refractivity contribution < 1.29 is 4.79 Å². The number of carbonyl (C=O) groups is 1. The molecule has 92 valence electrons. The summed E-state index contributed by atoms with van der Waals surface area (Å²) in [6, 6.07) is 8.20. The fraction of sp³-hybridized carbons (Fsp3) is 0.462. The summed E-state index contributed by atoms with van der Waals surface area (Å²) >= 11 is 7.69. The minimum absolute atomic E-state index is 0.0214. The van der Waals surface area contributed by atoms with Gasteiger partial charge in [0.05, 0.1) is 5.25 Å². The van der Waals surface area contributed by atoms with Crippen molar-refractivity contribution >= 4 is 29.3 Å². The molecule has 2 nitrogen and oxygen atoms in total. The molecule has 1 atom stereocenters. The van der Waals surface area contributed by atoms with E-state index in [1.165, 1.54) is 0 Å². The van der Waals surface area contributed by atoms with E-state index < -0.39 is 0 Å². The first-order chi connectivity index (χ1) is 8.16. The normalized spacial score (nSPS) is 16.6. The number of thioether (sulfide) groups is 1. The van der Waals surface area contributed by atoms with E-state index in [1.54, 1.807) is 11.8 Å². The lowest BCUT2D eigenvalue weighted by Gasteiger charge is -2.11. The average Bonchev–Trinajstić information content (AvgIpc) is 3.11. The average molecular weight is 270 g/mol. The maximum Gasteiger partial charge on any atom is 0.233 e. The Morgan fingerprint density at radius 2 is 2.24 bits per heavy atom. The predicted octanol–water partition coefficient (Wildman–Crippen LogP) is 3.24. The molecule has 2 rings (SSSR count). The van der Waals surface area contributed by atoms with Crippen LogP contribution >= 0.6 is 23.4 Å².